The Kier molecular flexibility index (Phi) is 4.25. The number of rotatable bonds is 4. The van der Waals surface area contributed by atoms with Gasteiger partial charge in [-0.25, -0.2) is 10.4 Å². The highest BCUT2D eigenvalue weighted by Gasteiger charge is 2.17. The molecule has 7 nitrogen and oxygen atoms in total. The second-order valence-electron chi connectivity index (χ2n) is 6.17. The van der Waals surface area contributed by atoms with Gasteiger partial charge < -0.3 is 4.98 Å². The topological polar surface area (TPSA) is 92.1 Å². The minimum Gasteiger partial charge on any atom is -0.361 e. The highest BCUT2D eigenvalue weighted by atomic mass is 16.2. The fourth-order valence-corrected chi connectivity index (χ4v) is 2.94. The Morgan fingerprint density at radius 2 is 1.93 bits per heavy atom. The largest absolute Gasteiger partial charge is 0.361 e. The average molecular weight is 359 g/mol. The van der Waals surface area contributed by atoms with E-state index in [1.165, 1.54) is 10.9 Å². The van der Waals surface area contributed by atoms with Crippen LogP contribution >= 0.6 is 0 Å². The van der Waals surface area contributed by atoms with Crippen LogP contribution in [0.4, 0.5) is 0 Å². The number of para-hydroxylation sites is 2. The van der Waals surface area contributed by atoms with Gasteiger partial charge in [0.15, 0.2) is 0 Å². The molecule has 0 radical (unpaired) electrons. The van der Waals surface area contributed by atoms with Gasteiger partial charge in [-0.05, 0) is 25.1 Å². The Balaban J connectivity index is 1.53. The molecule has 4 aromatic rings. The van der Waals surface area contributed by atoms with E-state index in [4.69, 9.17) is 0 Å². The molecule has 1 unspecified atom stereocenters. The van der Waals surface area contributed by atoms with Crippen molar-refractivity contribution >= 4 is 33.9 Å². The number of aromatic nitrogens is 3. The minimum atomic E-state index is -0.741. The van der Waals surface area contributed by atoms with Crippen LogP contribution in [-0.4, -0.2) is 26.7 Å². The van der Waals surface area contributed by atoms with Gasteiger partial charge in [0.05, 0.1) is 23.4 Å². The van der Waals surface area contributed by atoms with Crippen LogP contribution in [0.5, 0.6) is 0 Å². The highest BCUT2D eigenvalue weighted by Crippen LogP contribution is 2.15. The molecule has 2 N–H and O–H groups in total. The van der Waals surface area contributed by atoms with Crippen molar-refractivity contribution in [2.45, 2.75) is 13.0 Å². The molecular weight excluding hydrogens is 342 g/mol. The molecule has 7 heteroatoms. The number of carbonyl (C=O) groups excluding carboxylic acids is 1. The summed E-state index contributed by atoms with van der Waals surface area (Å²) in [7, 11) is 0. The first kappa shape index (κ1) is 16.7. The second kappa shape index (κ2) is 6.87. The number of nitrogens with zero attached hydrogens (tertiary/aromatic N) is 3. The molecule has 1 atom stereocenters. The summed E-state index contributed by atoms with van der Waals surface area (Å²) in [5.41, 5.74) is 4.69. The first-order valence-corrected chi connectivity index (χ1v) is 8.50. The first-order valence-electron chi connectivity index (χ1n) is 8.50. The number of hydrogen-bond acceptors (Lipinski definition) is 4. The minimum absolute atomic E-state index is 0.260. The van der Waals surface area contributed by atoms with E-state index < -0.39 is 11.9 Å². The molecule has 0 saturated heterocycles. The zero-order valence-electron chi connectivity index (χ0n) is 14.6. The Hall–Kier alpha value is -3.74. The molecule has 2 aromatic heterocycles. The van der Waals surface area contributed by atoms with Crippen LogP contribution in [0.3, 0.4) is 0 Å². The van der Waals surface area contributed by atoms with E-state index in [2.05, 4.69) is 20.5 Å². The SMILES string of the molecule is CC(C(=O)N/N=C/c1c[nH]c2ccccc12)n1cnc2ccccc2c1=O. The summed E-state index contributed by atoms with van der Waals surface area (Å²) < 4.78 is 1.30. The van der Waals surface area contributed by atoms with Gasteiger partial charge >= 0.3 is 0 Å². The highest BCUT2D eigenvalue weighted by molar-refractivity contribution is 5.99. The van der Waals surface area contributed by atoms with E-state index >= 15 is 0 Å². The van der Waals surface area contributed by atoms with Crippen LogP contribution in [0.15, 0.2) is 71.0 Å². The molecular formula is C20H17N5O2. The zero-order chi connectivity index (χ0) is 18.8. The van der Waals surface area contributed by atoms with E-state index in [9.17, 15) is 9.59 Å². The van der Waals surface area contributed by atoms with E-state index in [1.807, 2.05) is 36.5 Å². The lowest BCUT2D eigenvalue weighted by Gasteiger charge is -2.13. The van der Waals surface area contributed by atoms with Crippen molar-refractivity contribution in [3.05, 3.63) is 77.0 Å². The van der Waals surface area contributed by atoms with Crippen molar-refractivity contribution in [1.29, 1.82) is 0 Å². The maximum Gasteiger partial charge on any atom is 0.262 e. The molecule has 1 amide bonds. The van der Waals surface area contributed by atoms with Crippen LogP contribution in [0, 0.1) is 0 Å². The van der Waals surface area contributed by atoms with Gasteiger partial charge in [-0.2, -0.15) is 5.10 Å². The van der Waals surface area contributed by atoms with Gasteiger partial charge in [-0.1, -0.05) is 30.3 Å². The van der Waals surface area contributed by atoms with Crippen LogP contribution in [0.2, 0.25) is 0 Å². The number of nitrogens with one attached hydrogen (secondary N) is 2. The summed E-state index contributed by atoms with van der Waals surface area (Å²) in [5.74, 6) is -0.398. The fourth-order valence-electron chi connectivity index (χ4n) is 2.94. The third-order valence-corrected chi connectivity index (χ3v) is 4.49. The summed E-state index contributed by atoms with van der Waals surface area (Å²) in [6.07, 6.45) is 4.78. The van der Waals surface area contributed by atoms with Gasteiger partial charge in [0.25, 0.3) is 11.5 Å². The van der Waals surface area contributed by atoms with Gasteiger partial charge in [0, 0.05) is 22.7 Å². The number of hydrogen-bond donors (Lipinski definition) is 2. The molecule has 0 aliphatic rings. The molecule has 4 rings (SSSR count). The summed E-state index contributed by atoms with van der Waals surface area (Å²) >= 11 is 0. The number of hydrazone groups is 1. The summed E-state index contributed by atoms with van der Waals surface area (Å²) in [4.78, 5) is 32.4. The van der Waals surface area contributed by atoms with E-state index in [0.29, 0.717) is 10.9 Å². The summed E-state index contributed by atoms with van der Waals surface area (Å²) in [6, 6.07) is 14.1. The molecule has 0 bridgehead atoms. The monoisotopic (exact) mass is 359 g/mol. The molecule has 2 heterocycles. The molecule has 27 heavy (non-hydrogen) atoms. The van der Waals surface area contributed by atoms with Crippen molar-refractivity contribution in [3.63, 3.8) is 0 Å². The van der Waals surface area contributed by atoms with E-state index in [1.54, 1.807) is 31.3 Å². The van der Waals surface area contributed by atoms with Gasteiger partial charge in [0.2, 0.25) is 0 Å². The predicted octanol–water partition coefficient (Wildman–Crippen LogP) is 2.59. The number of amides is 1. The molecule has 0 saturated carbocycles. The Bertz CT molecular complexity index is 1220. The molecule has 134 valence electrons. The van der Waals surface area contributed by atoms with E-state index in [0.717, 1.165) is 16.5 Å². The van der Waals surface area contributed by atoms with Gasteiger partial charge in [-0.15, -0.1) is 0 Å². The van der Waals surface area contributed by atoms with E-state index in [-0.39, 0.29) is 5.56 Å². The lowest BCUT2D eigenvalue weighted by molar-refractivity contribution is -0.123. The van der Waals surface area contributed by atoms with Crippen molar-refractivity contribution in [2.24, 2.45) is 5.10 Å². The smallest absolute Gasteiger partial charge is 0.262 e. The standard InChI is InChI=1S/C20H17N5O2/c1-13(25-12-22-18-9-5-3-7-16(18)20(25)27)19(26)24-23-11-14-10-21-17-8-4-2-6-15(14)17/h2-13,21H,1H3,(H,24,26)/b23-11+. The maximum absolute atomic E-state index is 12.6. The van der Waals surface area contributed by atoms with Crippen molar-refractivity contribution in [1.82, 2.24) is 20.0 Å². The predicted molar refractivity (Wildman–Crippen MR) is 105 cm³/mol. The normalized spacial score (nSPS) is 12.6. The van der Waals surface area contributed by atoms with Crippen molar-refractivity contribution in [2.75, 3.05) is 0 Å². The third-order valence-electron chi connectivity index (χ3n) is 4.49. The maximum atomic E-state index is 12.6. The molecule has 0 aliphatic carbocycles. The Morgan fingerprint density at radius 1 is 1.19 bits per heavy atom. The lowest BCUT2D eigenvalue weighted by atomic mass is 10.2. The van der Waals surface area contributed by atoms with Crippen LogP contribution < -0.4 is 11.0 Å². The number of benzene rings is 2. The fraction of sp³-hybridized carbons (Fsp3) is 0.100. The Labute approximate surface area is 154 Å². The zero-order valence-corrected chi connectivity index (χ0v) is 14.6. The molecule has 2 aromatic carbocycles. The third kappa shape index (κ3) is 3.10. The number of aromatic amines is 1. The van der Waals surface area contributed by atoms with Gasteiger partial charge in [-0.3, -0.25) is 14.2 Å². The summed E-state index contributed by atoms with van der Waals surface area (Å²) in [6.45, 7) is 1.63. The molecule has 0 spiro atoms. The molecule has 0 fully saturated rings. The van der Waals surface area contributed by atoms with Crippen LogP contribution in [0.25, 0.3) is 21.8 Å². The van der Waals surface area contributed by atoms with Crippen LogP contribution in [-0.2, 0) is 4.79 Å². The lowest BCUT2D eigenvalue weighted by Crippen LogP contribution is -2.33. The number of fused-ring (bicyclic) bond motifs is 2. The van der Waals surface area contributed by atoms with Crippen LogP contribution in [0.1, 0.15) is 18.5 Å². The summed E-state index contributed by atoms with van der Waals surface area (Å²) in [5, 5.41) is 5.51. The van der Waals surface area contributed by atoms with Crippen molar-refractivity contribution < 1.29 is 4.79 Å². The number of carbonyl (C=O) groups is 1. The first-order chi connectivity index (χ1) is 13.1. The molecule has 0 aliphatic heterocycles. The van der Waals surface area contributed by atoms with Crippen molar-refractivity contribution in [3.8, 4) is 0 Å². The quantitative estimate of drug-likeness (QED) is 0.433. The number of H-pyrrole nitrogens is 1. The second-order valence-corrected chi connectivity index (χ2v) is 6.17. The Morgan fingerprint density at radius 3 is 2.78 bits per heavy atom. The van der Waals surface area contributed by atoms with Gasteiger partial charge in [0.1, 0.15) is 6.04 Å². The average Bonchev–Trinajstić information content (AvgIpc) is 3.11.